The van der Waals surface area contributed by atoms with Gasteiger partial charge in [0, 0.05) is 0 Å². The molecule has 3 rings (SSSR count). The average molecular weight is 430 g/mol. The summed E-state index contributed by atoms with van der Waals surface area (Å²) in [6, 6.07) is 13.3. The number of allylic oxidation sites excluding steroid dienone is 1. The number of H-pyrrole nitrogens is 1. The Bertz CT molecular complexity index is 831. The molecule has 0 aliphatic heterocycles. The Kier molecular flexibility index (Phi) is 6.40. The van der Waals surface area contributed by atoms with Gasteiger partial charge in [-0.25, -0.2) is 0 Å². The molecular formula is C22H33Cl2NTi. The zero-order chi connectivity index (χ0) is 17.8. The average Bonchev–Trinajstić information content (AvgIpc) is 3.14. The summed E-state index contributed by atoms with van der Waals surface area (Å²) in [5, 5.41) is 0. The number of halogens is 2. The monoisotopic (exact) mass is 429 g/mol. The molecule has 1 N–H and O–H groups in total. The maximum absolute atomic E-state index is 5.28. The quantitative estimate of drug-likeness (QED) is 0.504. The fourth-order valence-electron chi connectivity index (χ4n) is 5.52. The minimum absolute atomic E-state index is 0. The van der Waals surface area contributed by atoms with E-state index in [1.165, 1.54) is 15.1 Å². The normalized spacial score (nSPS) is 17.3. The number of aromatic amines is 1. The van der Waals surface area contributed by atoms with E-state index in [1.54, 1.807) is 0 Å². The van der Waals surface area contributed by atoms with Crippen molar-refractivity contribution >= 4 is 39.7 Å². The molecule has 1 heterocycles. The van der Waals surface area contributed by atoms with Gasteiger partial charge in [0.05, 0.1) is 0 Å². The predicted molar refractivity (Wildman–Crippen MR) is 120 cm³/mol. The van der Waals surface area contributed by atoms with Gasteiger partial charge in [-0.1, -0.05) is 0 Å². The molecule has 0 spiro atoms. The van der Waals surface area contributed by atoms with Crippen molar-refractivity contribution in [3.05, 3.63) is 59.8 Å². The molecular weight excluding hydrogens is 397 g/mol. The van der Waals surface area contributed by atoms with Crippen LogP contribution >= 0.6 is 24.8 Å². The molecule has 144 valence electrons. The summed E-state index contributed by atoms with van der Waals surface area (Å²) in [4.78, 5) is 8.90. The summed E-state index contributed by atoms with van der Waals surface area (Å²) in [6.45, 7) is 14.5. The van der Waals surface area contributed by atoms with Gasteiger partial charge in [0.2, 0.25) is 0 Å². The van der Waals surface area contributed by atoms with E-state index in [4.69, 9.17) is 4.82 Å². The SMILES string of the molecule is Cl.Cl.[CH2]=[Ti]([c]1ccc[nH]1)([CH]1C=Cc2ccccc21)([C](C)(C)C)[C](C)(C)C. The van der Waals surface area contributed by atoms with Crippen LogP contribution in [-0.2, 0) is 14.8 Å². The van der Waals surface area contributed by atoms with Gasteiger partial charge in [-0.05, 0) is 0 Å². The Balaban J connectivity index is 0.00000169. The van der Waals surface area contributed by atoms with E-state index in [0.29, 0.717) is 4.22 Å². The molecule has 0 saturated heterocycles. The zero-order valence-corrected chi connectivity index (χ0v) is 20.0. The summed E-state index contributed by atoms with van der Waals surface area (Å²) < 4.78 is 2.04. The molecule has 1 aromatic carbocycles. The summed E-state index contributed by atoms with van der Waals surface area (Å²) in [7, 11) is 0. The van der Waals surface area contributed by atoms with E-state index in [2.05, 4.69) is 101 Å². The molecule has 0 saturated carbocycles. The molecule has 2 aromatic rings. The van der Waals surface area contributed by atoms with Crippen LogP contribution in [0.2, 0.25) is 7.44 Å². The van der Waals surface area contributed by atoms with Crippen molar-refractivity contribution in [3.63, 3.8) is 0 Å². The van der Waals surface area contributed by atoms with Crippen molar-refractivity contribution in [2.45, 2.75) is 53.2 Å². The van der Waals surface area contributed by atoms with Crippen LogP contribution in [-0.4, -0.2) is 9.80 Å². The van der Waals surface area contributed by atoms with E-state index in [9.17, 15) is 0 Å². The van der Waals surface area contributed by atoms with Crippen LogP contribution < -0.4 is 4.00 Å². The second kappa shape index (κ2) is 7.10. The Morgan fingerprint density at radius 3 is 1.96 bits per heavy atom. The third kappa shape index (κ3) is 2.66. The standard InChI is InChI=1S/C9H7.C4H4N.2C4H9.CH2.2ClH.Ti/c1-2-5-9-7-3-6-8(9)4-1;1-2-4-5-3-1;2*1-4(2)3;;;;/h1-7H;1-3,5H;2*1-3H3;1H2;2*1H;. The first-order valence-electron chi connectivity index (χ1n) is 8.96. The van der Waals surface area contributed by atoms with Gasteiger partial charge in [0.15, 0.2) is 0 Å². The summed E-state index contributed by atoms with van der Waals surface area (Å²) in [6.07, 6.45) is 6.84. The number of aromatic nitrogens is 1. The van der Waals surface area contributed by atoms with E-state index in [-0.39, 0.29) is 32.3 Å². The Hall–Kier alpha value is -0.596. The van der Waals surface area contributed by atoms with Crippen LogP contribution in [0, 0.1) is 0 Å². The second-order valence-electron chi connectivity index (χ2n) is 9.59. The van der Waals surface area contributed by atoms with Crippen molar-refractivity contribution in [2.75, 3.05) is 0 Å². The molecule has 26 heavy (non-hydrogen) atoms. The van der Waals surface area contributed by atoms with Crippen molar-refractivity contribution in [3.8, 4) is 0 Å². The van der Waals surface area contributed by atoms with Crippen molar-refractivity contribution < 1.29 is 14.8 Å². The number of fused-ring (bicyclic) bond motifs is 1. The number of rotatable bonds is 2. The van der Waals surface area contributed by atoms with Gasteiger partial charge in [0.25, 0.3) is 0 Å². The molecule has 1 atom stereocenters. The first-order valence-corrected chi connectivity index (χ1v) is 13.3. The molecule has 0 radical (unpaired) electrons. The molecule has 1 aliphatic rings. The van der Waals surface area contributed by atoms with Crippen LogP contribution in [0.15, 0.2) is 48.7 Å². The number of hydrogen-bond acceptors (Lipinski definition) is 0. The summed E-state index contributed by atoms with van der Waals surface area (Å²) >= 11 is -3.67. The predicted octanol–water partition coefficient (Wildman–Crippen LogP) is 6.81. The van der Waals surface area contributed by atoms with Crippen LogP contribution in [0.3, 0.4) is 0 Å². The number of hydrogen-bond donors (Lipinski definition) is 1. The van der Waals surface area contributed by atoms with Gasteiger partial charge in [-0.2, -0.15) is 0 Å². The molecule has 0 amide bonds. The van der Waals surface area contributed by atoms with Crippen molar-refractivity contribution in [2.24, 2.45) is 0 Å². The Labute approximate surface area is 171 Å². The Morgan fingerprint density at radius 1 is 0.885 bits per heavy atom. The van der Waals surface area contributed by atoms with Crippen molar-refractivity contribution in [1.29, 1.82) is 0 Å². The molecule has 1 unspecified atom stereocenters. The van der Waals surface area contributed by atoms with E-state index < -0.39 is 14.8 Å². The van der Waals surface area contributed by atoms with Gasteiger partial charge in [-0.15, -0.1) is 24.8 Å². The van der Waals surface area contributed by atoms with Gasteiger partial charge in [-0.3, -0.25) is 0 Å². The molecule has 0 bridgehead atoms. The fourth-order valence-corrected chi connectivity index (χ4v) is 18.7. The van der Waals surface area contributed by atoms with Crippen LogP contribution in [0.25, 0.3) is 6.08 Å². The van der Waals surface area contributed by atoms with Crippen LogP contribution in [0.4, 0.5) is 0 Å². The molecule has 0 fully saturated rings. The topological polar surface area (TPSA) is 15.8 Å². The van der Waals surface area contributed by atoms with Crippen molar-refractivity contribution in [1.82, 2.24) is 4.98 Å². The zero-order valence-electron chi connectivity index (χ0n) is 16.8. The minimum atomic E-state index is -3.67. The van der Waals surface area contributed by atoms with Crippen LogP contribution in [0.5, 0.6) is 0 Å². The first-order chi connectivity index (χ1) is 11.0. The summed E-state index contributed by atoms with van der Waals surface area (Å²) in [5.74, 6) is 0. The summed E-state index contributed by atoms with van der Waals surface area (Å²) in [5.41, 5.74) is 2.82. The number of benzene rings is 1. The molecule has 4 heteroatoms. The Morgan fingerprint density at radius 2 is 1.46 bits per heavy atom. The van der Waals surface area contributed by atoms with E-state index in [1.807, 2.05) is 0 Å². The van der Waals surface area contributed by atoms with Gasteiger partial charge >= 0.3 is 148 Å². The molecule has 1 aliphatic carbocycles. The molecule has 1 nitrogen and oxygen atoms in total. The fraction of sp³-hybridized carbons (Fsp3) is 0.409. The van der Waals surface area contributed by atoms with Gasteiger partial charge in [0.1, 0.15) is 0 Å². The van der Waals surface area contributed by atoms with E-state index in [0.717, 1.165) is 0 Å². The third-order valence-corrected chi connectivity index (χ3v) is 23.2. The third-order valence-electron chi connectivity index (χ3n) is 7.13. The number of nitrogens with one attached hydrogen (secondary N) is 1. The van der Waals surface area contributed by atoms with Crippen LogP contribution in [0.1, 0.15) is 56.9 Å². The maximum atomic E-state index is 5.28. The van der Waals surface area contributed by atoms with E-state index >= 15 is 0 Å². The first kappa shape index (κ1) is 23.4. The molecule has 1 aromatic heterocycles. The second-order valence-corrected chi connectivity index (χ2v) is 20.9. The van der Waals surface area contributed by atoms with Gasteiger partial charge < -0.3 is 0 Å².